The molecular weight excluding hydrogens is 356 g/mol. The molecule has 0 amide bonds. The maximum Gasteiger partial charge on any atom is 0.171 e. The number of nitrogens with zero attached hydrogens (tertiary/aromatic N) is 4. The highest BCUT2D eigenvalue weighted by atomic mass is 16.7. The summed E-state index contributed by atoms with van der Waals surface area (Å²) in [4.78, 5) is 14.4. The summed E-state index contributed by atoms with van der Waals surface area (Å²) in [6, 6.07) is 12.3. The normalized spacial score (nSPS) is 22.0. The number of morpholine rings is 1. The zero-order chi connectivity index (χ0) is 18.8. The highest BCUT2D eigenvalue weighted by Gasteiger charge is 2.40. The molecule has 0 unspecified atom stereocenters. The molecule has 3 saturated heterocycles. The second kappa shape index (κ2) is 7.66. The predicted octanol–water partition coefficient (Wildman–Crippen LogP) is 2.32. The molecule has 28 heavy (non-hydrogen) atoms. The molecule has 1 spiro atoms. The van der Waals surface area contributed by atoms with Crippen LogP contribution in [0.15, 0.2) is 36.4 Å². The molecule has 148 valence electrons. The molecule has 0 aliphatic carbocycles. The predicted molar refractivity (Wildman–Crippen MR) is 107 cm³/mol. The summed E-state index contributed by atoms with van der Waals surface area (Å²) in [6.07, 6.45) is 1.73. The molecule has 3 aliphatic heterocycles. The van der Waals surface area contributed by atoms with Crippen LogP contribution in [-0.4, -0.2) is 68.4 Å². The molecule has 1 aromatic heterocycles. The van der Waals surface area contributed by atoms with Crippen molar-refractivity contribution in [1.82, 2.24) is 9.97 Å². The summed E-state index contributed by atoms with van der Waals surface area (Å²) >= 11 is 0. The van der Waals surface area contributed by atoms with E-state index < -0.39 is 0 Å². The first kappa shape index (κ1) is 17.8. The van der Waals surface area contributed by atoms with Gasteiger partial charge in [-0.05, 0) is 0 Å². The monoisotopic (exact) mass is 382 g/mol. The van der Waals surface area contributed by atoms with Gasteiger partial charge in [0.2, 0.25) is 0 Å². The fourth-order valence-electron chi connectivity index (χ4n) is 4.12. The van der Waals surface area contributed by atoms with Gasteiger partial charge in [-0.25, -0.2) is 9.97 Å². The first-order chi connectivity index (χ1) is 13.8. The van der Waals surface area contributed by atoms with E-state index in [1.165, 1.54) is 0 Å². The van der Waals surface area contributed by atoms with Crippen LogP contribution >= 0.6 is 0 Å². The first-order valence-corrected chi connectivity index (χ1v) is 10.1. The highest BCUT2D eigenvalue weighted by molar-refractivity contribution is 5.62. The molecule has 5 rings (SSSR count). The van der Waals surface area contributed by atoms with Crippen LogP contribution in [0.5, 0.6) is 0 Å². The Kier molecular flexibility index (Phi) is 4.88. The standard InChI is InChI=1S/C21H26N4O3/c1-2-4-17(5-3-1)20-22-18(16-19(23-20)25-10-12-26-13-11-25)24-8-6-21(7-9-24)27-14-15-28-21/h1-5,16H,6-15H2. The van der Waals surface area contributed by atoms with Crippen LogP contribution in [0.4, 0.5) is 11.6 Å². The number of aromatic nitrogens is 2. The van der Waals surface area contributed by atoms with Crippen LogP contribution in [0.1, 0.15) is 12.8 Å². The minimum atomic E-state index is -0.376. The van der Waals surface area contributed by atoms with Crippen LogP contribution in [0, 0.1) is 0 Å². The van der Waals surface area contributed by atoms with E-state index in [0.29, 0.717) is 13.2 Å². The van der Waals surface area contributed by atoms with Crippen molar-refractivity contribution in [2.45, 2.75) is 18.6 Å². The second-order valence-electron chi connectivity index (χ2n) is 7.47. The Hall–Kier alpha value is -2.22. The van der Waals surface area contributed by atoms with Crippen molar-refractivity contribution in [2.75, 3.05) is 62.4 Å². The Labute approximate surface area is 165 Å². The van der Waals surface area contributed by atoms with Gasteiger partial charge in [0.15, 0.2) is 11.6 Å². The van der Waals surface area contributed by atoms with Crippen molar-refractivity contribution < 1.29 is 14.2 Å². The molecule has 0 atom stereocenters. The molecule has 2 aromatic rings. The van der Waals surface area contributed by atoms with E-state index in [1.54, 1.807) is 0 Å². The number of ether oxygens (including phenoxy) is 3. The molecule has 7 nitrogen and oxygen atoms in total. The first-order valence-electron chi connectivity index (χ1n) is 10.1. The van der Waals surface area contributed by atoms with Gasteiger partial charge >= 0.3 is 0 Å². The second-order valence-corrected chi connectivity index (χ2v) is 7.47. The van der Waals surface area contributed by atoms with Crippen molar-refractivity contribution in [3.63, 3.8) is 0 Å². The van der Waals surface area contributed by atoms with Crippen molar-refractivity contribution in [2.24, 2.45) is 0 Å². The number of benzene rings is 1. The van der Waals surface area contributed by atoms with E-state index >= 15 is 0 Å². The lowest BCUT2D eigenvalue weighted by Crippen LogP contribution is -2.45. The molecule has 7 heteroatoms. The lowest BCUT2D eigenvalue weighted by molar-refractivity contribution is -0.169. The summed E-state index contributed by atoms with van der Waals surface area (Å²) < 4.78 is 17.3. The number of rotatable bonds is 3. The molecule has 0 N–H and O–H groups in total. The van der Waals surface area contributed by atoms with Gasteiger partial charge in [0, 0.05) is 50.7 Å². The van der Waals surface area contributed by atoms with E-state index in [-0.39, 0.29) is 5.79 Å². The Balaban J connectivity index is 1.44. The van der Waals surface area contributed by atoms with Crippen LogP contribution in [0.2, 0.25) is 0 Å². The van der Waals surface area contributed by atoms with Crippen LogP contribution < -0.4 is 9.80 Å². The molecule has 3 fully saturated rings. The van der Waals surface area contributed by atoms with E-state index in [2.05, 4.69) is 28.0 Å². The van der Waals surface area contributed by atoms with Crippen molar-refractivity contribution >= 4 is 11.6 Å². The van der Waals surface area contributed by atoms with Crippen molar-refractivity contribution in [1.29, 1.82) is 0 Å². The van der Waals surface area contributed by atoms with Gasteiger partial charge in [0.05, 0.1) is 26.4 Å². The number of hydrogen-bond acceptors (Lipinski definition) is 7. The van der Waals surface area contributed by atoms with Gasteiger partial charge in [-0.1, -0.05) is 30.3 Å². The van der Waals surface area contributed by atoms with Gasteiger partial charge in [0.1, 0.15) is 11.6 Å². The zero-order valence-electron chi connectivity index (χ0n) is 16.0. The van der Waals surface area contributed by atoms with Gasteiger partial charge in [-0.3, -0.25) is 0 Å². The quantitative estimate of drug-likeness (QED) is 0.807. The Morgan fingerprint density at radius 2 is 1.36 bits per heavy atom. The SMILES string of the molecule is c1ccc(-c2nc(N3CCOCC3)cc(N3CCC4(CC3)OCCO4)n2)cc1. The third-order valence-electron chi connectivity index (χ3n) is 5.73. The average molecular weight is 382 g/mol. The smallest absolute Gasteiger partial charge is 0.171 e. The summed E-state index contributed by atoms with van der Waals surface area (Å²) in [6.45, 7) is 6.33. The zero-order valence-corrected chi connectivity index (χ0v) is 16.0. The Bertz CT molecular complexity index is 795. The number of hydrogen-bond donors (Lipinski definition) is 0. The Morgan fingerprint density at radius 3 is 2.00 bits per heavy atom. The molecule has 3 aliphatic rings. The van der Waals surface area contributed by atoms with Gasteiger partial charge < -0.3 is 24.0 Å². The van der Waals surface area contributed by atoms with E-state index in [0.717, 1.165) is 75.3 Å². The fraction of sp³-hybridized carbons (Fsp3) is 0.524. The van der Waals surface area contributed by atoms with E-state index in [9.17, 15) is 0 Å². The van der Waals surface area contributed by atoms with Gasteiger partial charge in [-0.2, -0.15) is 0 Å². The van der Waals surface area contributed by atoms with E-state index in [4.69, 9.17) is 24.2 Å². The van der Waals surface area contributed by atoms with Gasteiger partial charge in [-0.15, -0.1) is 0 Å². The van der Waals surface area contributed by atoms with Crippen LogP contribution in [0.25, 0.3) is 11.4 Å². The van der Waals surface area contributed by atoms with E-state index in [1.807, 2.05) is 18.2 Å². The van der Waals surface area contributed by atoms with Gasteiger partial charge in [0.25, 0.3) is 0 Å². The highest BCUT2D eigenvalue weighted by Crippen LogP contribution is 2.34. The number of anilines is 2. The lowest BCUT2D eigenvalue weighted by Gasteiger charge is -2.38. The number of piperidine rings is 1. The van der Waals surface area contributed by atoms with Crippen LogP contribution in [0.3, 0.4) is 0 Å². The van der Waals surface area contributed by atoms with Crippen molar-refractivity contribution in [3.8, 4) is 11.4 Å². The molecular formula is C21H26N4O3. The molecule has 1 aromatic carbocycles. The maximum atomic E-state index is 5.87. The Morgan fingerprint density at radius 1 is 0.750 bits per heavy atom. The minimum Gasteiger partial charge on any atom is -0.378 e. The third-order valence-corrected chi connectivity index (χ3v) is 5.73. The minimum absolute atomic E-state index is 0.376. The third kappa shape index (κ3) is 3.57. The summed E-state index contributed by atoms with van der Waals surface area (Å²) in [5, 5.41) is 0. The summed E-state index contributed by atoms with van der Waals surface area (Å²) in [7, 11) is 0. The summed E-state index contributed by atoms with van der Waals surface area (Å²) in [5.74, 6) is 2.34. The average Bonchev–Trinajstić information content (AvgIpc) is 3.23. The molecule has 0 radical (unpaired) electrons. The van der Waals surface area contributed by atoms with Crippen LogP contribution in [-0.2, 0) is 14.2 Å². The largest absolute Gasteiger partial charge is 0.378 e. The summed E-state index contributed by atoms with van der Waals surface area (Å²) in [5.41, 5.74) is 1.04. The molecule has 0 bridgehead atoms. The topological polar surface area (TPSA) is 60.0 Å². The fourth-order valence-corrected chi connectivity index (χ4v) is 4.12. The lowest BCUT2D eigenvalue weighted by atomic mass is 10.0. The molecule has 4 heterocycles. The molecule has 0 saturated carbocycles. The van der Waals surface area contributed by atoms with Crippen molar-refractivity contribution in [3.05, 3.63) is 36.4 Å². The maximum absolute atomic E-state index is 5.87.